The van der Waals surface area contributed by atoms with Gasteiger partial charge in [0.25, 0.3) is 0 Å². The van der Waals surface area contributed by atoms with Crippen LogP contribution in [0, 0.1) is 17.6 Å². The normalized spacial score (nSPS) is 21.6. The number of ether oxygens (including phenoxy) is 2. The summed E-state index contributed by atoms with van der Waals surface area (Å²) in [5, 5.41) is 15.0. The number of halogens is 3. The number of sulfonamides is 1. The quantitative estimate of drug-likeness (QED) is 0.227. The van der Waals surface area contributed by atoms with Crippen LogP contribution in [0.15, 0.2) is 40.0 Å². The van der Waals surface area contributed by atoms with Crippen LogP contribution in [0.4, 0.5) is 8.78 Å². The zero-order valence-corrected chi connectivity index (χ0v) is 25.7. The molecule has 1 aromatic carbocycles. The Balaban J connectivity index is 1.54. The topological polar surface area (TPSA) is 156 Å². The zero-order valence-electron chi connectivity index (χ0n) is 23.3. The maximum Gasteiger partial charge on any atom is 0.335 e. The summed E-state index contributed by atoms with van der Waals surface area (Å²) in [6, 6.07) is 0.447. The van der Waals surface area contributed by atoms with Crippen molar-refractivity contribution in [2.75, 3.05) is 19.5 Å². The number of amidine groups is 1. The molecule has 1 aliphatic heterocycles. The molecule has 1 aliphatic carbocycles. The van der Waals surface area contributed by atoms with Crippen molar-refractivity contribution >= 4 is 50.7 Å². The monoisotopic (exact) mass is 660 g/mol. The summed E-state index contributed by atoms with van der Waals surface area (Å²) in [6.07, 6.45) is 2.59. The van der Waals surface area contributed by atoms with E-state index in [1.54, 1.807) is 11.6 Å². The Morgan fingerprint density at radius 3 is 2.58 bits per heavy atom. The summed E-state index contributed by atoms with van der Waals surface area (Å²) in [6.45, 7) is 1.30. The molecule has 2 atom stereocenters. The van der Waals surface area contributed by atoms with Crippen molar-refractivity contribution in [2.24, 2.45) is 10.9 Å². The number of methoxy groups -OCH3 is 1. The van der Waals surface area contributed by atoms with E-state index in [1.165, 1.54) is 31.4 Å². The minimum Gasteiger partial charge on any atom is -0.478 e. The number of hydrogen-bond acceptors (Lipinski definition) is 10. The predicted molar refractivity (Wildman–Crippen MR) is 155 cm³/mol. The smallest absolute Gasteiger partial charge is 0.335 e. The average Bonchev–Trinajstić information content (AvgIpc) is 3.49. The highest BCUT2D eigenvalue weighted by Gasteiger charge is 2.38. The largest absolute Gasteiger partial charge is 0.478 e. The lowest BCUT2D eigenvalue weighted by atomic mass is 9.80. The van der Waals surface area contributed by atoms with Crippen LogP contribution in [0.5, 0.6) is 0 Å². The summed E-state index contributed by atoms with van der Waals surface area (Å²) >= 11 is 7.41. The Labute approximate surface area is 256 Å². The predicted octanol–water partition coefficient (Wildman–Crippen LogP) is 3.95. The third kappa shape index (κ3) is 8.15. The van der Waals surface area contributed by atoms with Gasteiger partial charge < -0.3 is 19.9 Å². The van der Waals surface area contributed by atoms with Gasteiger partial charge in [0, 0.05) is 49.3 Å². The van der Waals surface area contributed by atoms with Crippen LogP contribution in [0.3, 0.4) is 0 Å². The van der Waals surface area contributed by atoms with E-state index in [9.17, 15) is 31.9 Å². The van der Waals surface area contributed by atoms with Crippen molar-refractivity contribution in [3.8, 4) is 0 Å². The van der Waals surface area contributed by atoms with E-state index in [0.29, 0.717) is 36.4 Å². The summed E-state index contributed by atoms with van der Waals surface area (Å²) < 4.78 is 66.7. The van der Waals surface area contributed by atoms with Crippen molar-refractivity contribution in [3.05, 3.63) is 62.2 Å². The first-order valence-corrected chi connectivity index (χ1v) is 16.3. The first-order chi connectivity index (χ1) is 20.4. The number of allylic oxidation sites excluding steroid dienone is 1. The Bertz CT molecular complexity index is 1510. The van der Waals surface area contributed by atoms with Gasteiger partial charge in [-0.3, -0.25) is 9.79 Å². The highest BCUT2D eigenvalue weighted by Crippen LogP contribution is 2.41. The number of aliphatic carboxylic acids is 1. The Morgan fingerprint density at radius 1 is 1.26 bits per heavy atom. The molecule has 0 bridgehead atoms. The number of carbonyl (C=O) groups is 2. The molecule has 3 N–H and O–H groups in total. The number of nitrogens with zero attached hydrogens (tertiary/aromatic N) is 2. The van der Waals surface area contributed by atoms with Gasteiger partial charge in [-0.25, -0.2) is 31.7 Å². The summed E-state index contributed by atoms with van der Waals surface area (Å²) in [7, 11) is -2.29. The van der Waals surface area contributed by atoms with Gasteiger partial charge in [0.15, 0.2) is 22.5 Å². The van der Waals surface area contributed by atoms with Crippen molar-refractivity contribution in [3.63, 3.8) is 0 Å². The van der Waals surface area contributed by atoms with Gasteiger partial charge in [-0.05, 0) is 37.7 Å². The molecule has 11 nitrogen and oxygen atoms in total. The molecule has 43 heavy (non-hydrogen) atoms. The SMILES string of the molecule is COC[C@H](CCS(=O)(=O)NC1CCC(C2=C(C(=O)O)C(c3ccc(F)c(F)c3Cl)N=C(c3nccs3)N2)CC1)OC(C)=O. The average molecular weight is 661 g/mol. The fraction of sp³-hybridized carbons (Fsp3) is 0.481. The molecule has 0 saturated heterocycles. The molecule has 1 fully saturated rings. The number of esters is 1. The zero-order chi connectivity index (χ0) is 31.3. The third-order valence-electron chi connectivity index (χ3n) is 7.18. The molecule has 0 radical (unpaired) electrons. The van der Waals surface area contributed by atoms with Crippen LogP contribution in [-0.4, -0.2) is 67.9 Å². The molecule has 1 saturated carbocycles. The number of thiazole rings is 1. The second kappa shape index (κ2) is 14.2. The van der Waals surface area contributed by atoms with Crippen molar-refractivity contribution < 1.29 is 41.4 Å². The first-order valence-electron chi connectivity index (χ1n) is 13.4. The van der Waals surface area contributed by atoms with Gasteiger partial charge >= 0.3 is 11.9 Å². The van der Waals surface area contributed by atoms with E-state index < -0.39 is 56.8 Å². The second-order valence-electron chi connectivity index (χ2n) is 10.2. The van der Waals surface area contributed by atoms with Gasteiger partial charge in [0.1, 0.15) is 12.1 Å². The minimum atomic E-state index is -3.72. The molecule has 0 amide bonds. The van der Waals surface area contributed by atoms with E-state index in [2.05, 4.69) is 20.0 Å². The molecule has 16 heteroatoms. The number of carboxylic acids is 1. The van der Waals surface area contributed by atoms with Crippen LogP contribution in [-0.2, 0) is 29.1 Å². The molecular weight excluding hydrogens is 630 g/mol. The molecule has 1 aromatic heterocycles. The maximum atomic E-state index is 14.4. The lowest BCUT2D eigenvalue weighted by molar-refractivity contribution is -0.149. The highest BCUT2D eigenvalue weighted by molar-refractivity contribution is 7.89. The lowest BCUT2D eigenvalue weighted by Crippen LogP contribution is -2.42. The van der Waals surface area contributed by atoms with E-state index in [4.69, 9.17) is 21.1 Å². The summed E-state index contributed by atoms with van der Waals surface area (Å²) in [5.74, 6) is -4.65. The minimum absolute atomic E-state index is 0.00648. The van der Waals surface area contributed by atoms with E-state index in [1.807, 2.05) is 0 Å². The number of carboxylic acid groups (broad SMARTS) is 1. The summed E-state index contributed by atoms with van der Waals surface area (Å²) in [5.41, 5.74) is 0.170. The van der Waals surface area contributed by atoms with Gasteiger partial charge in [-0.1, -0.05) is 17.7 Å². The fourth-order valence-corrected chi connectivity index (χ4v) is 7.52. The van der Waals surface area contributed by atoms with Crippen LogP contribution in [0.25, 0.3) is 0 Å². The van der Waals surface area contributed by atoms with Gasteiger partial charge in [-0.2, -0.15) is 0 Å². The number of aliphatic imine (C=N–C) groups is 1. The molecule has 2 aliphatic rings. The Morgan fingerprint density at radius 2 is 1.98 bits per heavy atom. The first kappa shape index (κ1) is 32.9. The van der Waals surface area contributed by atoms with E-state index >= 15 is 0 Å². The third-order valence-corrected chi connectivity index (χ3v) is 9.80. The van der Waals surface area contributed by atoms with Crippen LogP contribution < -0.4 is 10.0 Å². The number of nitrogens with one attached hydrogen (secondary N) is 2. The standard InChI is InChI=1S/C27H31ClF2N4O7S2/c1-14(35)41-17(13-40-2)9-12-43(38,39)34-16-5-3-15(4-6-16)23-20(27(36)37)24(18-7-8-19(29)22(30)21(18)28)33-25(32-23)26-31-10-11-42-26/h7-8,10-11,15-17,24,34H,3-6,9,12-13H2,1-2H3,(H,32,33)(H,36,37)/t15?,16?,17-,24?/m0/s1. The number of hydrogen-bond donors (Lipinski definition) is 3. The maximum absolute atomic E-state index is 14.4. The van der Waals surface area contributed by atoms with E-state index in [-0.39, 0.29) is 41.7 Å². The number of benzene rings is 1. The molecule has 1 unspecified atom stereocenters. The van der Waals surface area contributed by atoms with Crippen molar-refractivity contribution in [1.82, 2.24) is 15.0 Å². The second-order valence-corrected chi connectivity index (χ2v) is 13.3. The molecule has 2 aromatic rings. The molecular formula is C27H31ClF2N4O7S2. The molecule has 2 heterocycles. The Hall–Kier alpha value is -2.98. The van der Waals surface area contributed by atoms with Gasteiger partial charge in [-0.15, -0.1) is 11.3 Å². The molecule has 4 rings (SSSR count). The number of rotatable bonds is 12. The number of carbonyl (C=O) groups excluding carboxylic acids is 1. The van der Waals surface area contributed by atoms with Gasteiger partial charge in [0.05, 0.1) is 23.0 Å². The van der Waals surface area contributed by atoms with Crippen LogP contribution in [0.1, 0.15) is 55.6 Å². The fourth-order valence-electron chi connectivity index (χ4n) is 5.24. The van der Waals surface area contributed by atoms with Gasteiger partial charge in [0.2, 0.25) is 10.0 Å². The van der Waals surface area contributed by atoms with Crippen LogP contribution >= 0.6 is 22.9 Å². The number of aromatic nitrogens is 1. The molecule has 0 spiro atoms. The van der Waals surface area contributed by atoms with Crippen LogP contribution in [0.2, 0.25) is 5.02 Å². The Kier molecular flexibility index (Phi) is 10.9. The summed E-state index contributed by atoms with van der Waals surface area (Å²) in [4.78, 5) is 32.7. The lowest BCUT2D eigenvalue weighted by Gasteiger charge is -2.35. The van der Waals surface area contributed by atoms with Crippen molar-refractivity contribution in [2.45, 2.75) is 57.2 Å². The highest BCUT2D eigenvalue weighted by atomic mass is 35.5. The molecule has 234 valence electrons. The van der Waals surface area contributed by atoms with E-state index in [0.717, 1.165) is 6.07 Å². The van der Waals surface area contributed by atoms with Crippen molar-refractivity contribution in [1.29, 1.82) is 0 Å².